The van der Waals surface area contributed by atoms with Gasteiger partial charge in [0.15, 0.2) is 5.82 Å². The molecule has 0 radical (unpaired) electrons. The van der Waals surface area contributed by atoms with Crippen molar-refractivity contribution in [1.82, 2.24) is 19.8 Å². The van der Waals surface area contributed by atoms with Crippen molar-refractivity contribution in [2.24, 2.45) is 0 Å². The van der Waals surface area contributed by atoms with E-state index in [2.05, 4.69) is 17.1 Å². The largest absolute Gasteiger partial charge is 0.339 e. The highest BCUT2D eigenvalue weighted by molar-refractivity contribution is 7.99. The van der Waals surface area contributed by atoms with Crippen LogP contribution < -0.4 is 5.84 Å². The van der Waals surface area contributed by atoms with E-state index >= 15 is 0 Å². The number of hydrogen-bond acceptors (Lipinski definition) is 5. The number of nitrogens with zero attached hydrogens (tertiary/aromatic N) is 4. The first-order valence-corrected chi connectivity index (χ1v) is 9.85. The van der Waals surface area contributed by atoms with Gasteiger partial charge in [0.25, 0.3) is 0 Å². The van der Waals surface area contributed by atoms with E-state index in [1.807, 2.05) is 17.0 Å². The summed E-state index contributed by atoms with van der Waals surface area (Å²) in [4.78, 5) is 14.6. The number of benzene rings is 1. The topological polar surface area (TPSA) is 77.0 Å². The number of halogens is 1. The first kappa shape index (κ1) is 18.1. The van der Waals surface area contributed by atoms with Crippen molar-refractivity contribution in [3.05, 3.63) is 29.3 Å². The lowest BCUT2D eigenvalue weighted by Gasteiger charge is -2.35. The minimum Gasteiger partial charge on any atom is -0.339 e. The summed E-state index contributed by atoms with van der Waals surface area (Å²) in [6.07, 6.45) is 4.38. The molecule has 3 rings (SSSR count). The van der Waals surface area contributed by atoms with Crippen LogP contribution in [0.5, 0.6) is 0 Å². The van der Waals surface area contributed by atoms with Gasteiger partial charge >= 0.3 is 0 Å². The third-order valence-corrected chi connectivity index (χ3v) is 5.65. The fourth-order valence-electron chi connectivity index (χ4n) is 3.16. The van der Waals surface area contributed by atoms with Gasteiger partial charge in [-0.15, -0.1) is 10.2 Å². The zero-order chi connectivity index (χ0) is 17.8. The predicted octanol–water partition coefficient (Wildman–Crippen LogP) is 3.20. The fraction of sp³-hybridized carbons (Fsp3) is 0.471. The Kier molecular flexibility index (Phi) is 5.86. The van der Waals surface area contributed by atoms with Crippen molar-refractivity contribution in [1.29, 1.82) is 0 Å². The third kappa shape index (κ3) is 4.10. The molecular formula is C17H22ClN5OS. The van der Waals surface area contributed by atoms with Crippen molar-refractivity contribution in [2.75, 3.05) is 18.1 Å². The van der Waals surface area contributed by atoms with Crippen LogP contribution in [0.3, 0.4) is 0 Å². The maximum atomic E-state index is 12.6. The Morgan fingerprint density at radius 1 is 1.40 bits per heavy atom. The number of piperidine rings is 1. The first-order valence-electron chi connectivity index (χ1n) is 8.49. The van der Waals surface area contributed by atoms with E-state index in [9.17, 15) is 4.79 Å². The van der Waals surface area contributed by atoms with E-state index in [1.54, 1.807) is 12.1 Å². The fourth-order valence-corrected chi connectivity index (χ4v) is 4.10. The minimum absolute atomic E-state index is 0.142. The molecule has 1 unspecified atom stereocenters. The summed E-state index contributed by atoms with van der Waals surface area (Å²) in [5, 5.41) is 9.38. The molecule has 6 nitrogen and oxygen atoms in total. The normalized spacial score (nSPS) is 17.7. The van der Waals surface area contributed by atoms with Gasteiger partial charge < -0.3 is 10.7 Å². The standard InChI is InChI=1S/C17H22ClN5OS/c1-2-14-8-3-4-9-22(14)15(24)11-25-17-21-20-16(23(17)19)12-6-5-7-13(18)10-12/h5-7,10,14H,2-4,8-9,11,19H2,1H3. The number of aromatic nitrogens is 3. The average molecular weight is 380 g/mol. The molecule has 0 spiro atoms. The van der Waals surface area contributed by atoms with E-state index in [1.165, 1.54) is 22.9 Å². The Labute approximate surface area is 156 Å². The maximum absolute atomic E-state index is 12.6. The van der Waals surface area contributed by atoms with Crippen LogP contribution in [0.2, 0.25) is 5.02 Å². The molecular weight excluding hydrogens is 358 g/mol. The van der Waals surface area contributed by atoms with E-state index in [-0.39, 0.29) is 5.91 Å². The molecule has 134 valence electrons. The lowest BCUT2D eigenvalue weighted by Crippen LogP contribution is -2.44. The molecule has 1 aromatic carbocycles. The average Bonchev–Trinajstić information content (AvgIpc) is 3.00. The van der Waals surface area contributed by atoms with Crippen molar-refractivity contribution >= 4 is 29.3 Å². The van der Waals surface area contributed by atoms with Crippen LogP contribution in [0.25, 0.3) is 11.4 Å². The van der Waals surface area contributed by atoms with Gasteiger partial charge in [0, 0.05) is 23.2 Å². The number of nitrogens with two attached hydrogens (primary N) is 1. The molecule has 0 aliphatic carbocycles. The summed E-state index contributed by atoms with van der Waals surface area (Å²) >= 11 is 7.34. The van der Waals surface area contributed by atoms with Crippen LogP contribution in [0.4, 0.5) is 0 Å². The molecule has 1 atom stereocenters. The molecule has 0 bridgehead atoms. The summed E-state index contributed by atoms with van der Waals surface area (Å²) < 4.78 is 1.41. The summed E-state index contributed by atoms with van der Waals surface area (Å²) in [6.45, 7) is 2.98. The summed E-state index contributed by atoms with van der Waals surface area (Å²) in [7, 11) is 0. The van der Waals surface area contributed by atoms with E-state index in [4.69, 9.17) is 17.4 Å². The molecule has 8 heteroatoms. The quantitative estimate of drug-likeness (QED) is 0.637. The first-order chi connectivity index (χ1) is 12.1. The van der Waals surface area contributed by atoms with Crippen LogP contribution in [0.1, 0.15) is 32.6 Å². The smallest absolute Gasteiger partial charge is 0.233 e. The highest BCUT2D eigenvalue weighted by atomic mass is 35.5. The predicted molar refractivity (Wildman–Crippen MR) is 101 cm³/mol. The molecule has 0 saturated carbocycles. The number of carbonyl (C=O) groups is 1. The number of rotatable bonds is 5. The summed E-state index contributed by atoms with van der Waals surface area (Å²) in [5.41, 5.74) is 0.794. The molecule has 1 saturated heterocycles. The summed E-state index contributed by atoms with van der Waals surface area (Å²) in [5.74, 6) is 7.10. The molecule has 1 amide bonds. The Balaban J connectivity index is 1.67. The molecule has 25 heavy (non-hydrogen) atoms. The number of carbonyl (C=O) groups excluding carboxylic acids is 1. The lowest BCUT2D eigenvalue weighted by molar-refractivity contribution is -0.132. The molecule has 1 fully saturated rings. The summed E-state index contributed by atoms with van der Waals surface area (Å²) in [6, 6.07) is 7.65. The Morgan fingerprint density at radius 3 is 3.00 bits per heavy atom. The van der Waals surface area contributed by atoms with Gasteiger partial charge in [-0.25, -0.2) is 4.68 Å². The maximum Gasteiger partial charge on any atom is 0.233 e. The number of nitrogen functional groups attached to an aromatic ring is 1. The van der Waals surface area contributed by atoms with Crippen molar-refractivity contribution in [2.45, 2.75) is 43.8 Å². The van der Waals surface area contributed by atoms with Gasteiger partial charge in [0.05, 0.1) is 5.75 Å². The Morgan fingerprint density at radius 2 is 2.24 bits per heavy atom. The number of thioether (sulfide) groups is 1. The van der Waals surface area contributed by atoms with Crippen molar-refractivity contribution < 1.29 is 4.79 Å². The second-order valence-corrected chi connectivity index (χ2v) is 7.50. The second kappa shape index (κ2) is 8.10. The van der Waals surface area contributed by atoms with Crippen LogP contribution in [-0.4, -0.2) is 44.0 Å². The van der Waals surface area contributed by atoms with Crippen molar-refractivity contribution in [3.8, 4) is 11.4 Å². The van der Waals surface area contributed by atoms with Crippen LogP contribution in [-0.2, 0) is 4.79 Å². The second-order valence-electron chi connectivity index (χ2n) is 6.12. The van der Waals surface area contributed by atoms with E-state index in [0.29, 0.717) is 27.8 Å². The Hall–Kier alpha value is -1.73. The SMILES string of the molecule is CCC1CCCCN1C(=O)CSc1nnc(-c2cccc(Cl)c2)n1N. The number of likely N-dealkylation sites (tertiary alicyclic amines) is 1. The van der Waals surface area contributed by atoms with Gasteiger partial charge in [-0.05, 0) is 37.8 Å². The van der Waals surface area contributed by atoms with Crippen LogP contribution in [0.15, 0.2) is 29.4 Å². The molecule has 1 aliphatic rings. The van der Waals surface area contributed by atoms with Gasteiger partial charge in [-0.3, -0.25) is 4.79 Å². The number of amides is 1. The van der Waals surface area contributed by atoms with Crippen molar-refractivity contribution in [3.63, 3.8) is 0 Å². The van der Waals surface area contributed by atoms with Gasteiger partial charge in [0.1, 0.15) is 0 Å². The molecule has 2 aromatic rings. The molecule has 1 aromatic heterocycles. The van der Waals surface area contributed by atoms with Gasteiger partial charge in [0.2, 0.25) is 11.1 Å². The van der Waals surface area contributed by atoms with Crippen LogP contribution in [0, 0.1) is 0 Å². The molecule has 2 heterocycles. The lowest BCUT2D eigenvalue weighted by atomic mass is 10.0. The van der Waals surface area contributed by atoms with Crippen LogP contribution >= 0.6 is 23.4 Å². The van der Waals surface area contributed by atoms with E-state index in [0.717, 1.165) is 31.4 Å². The highest BCUT2D eigenvalue weighted by Crippen LogP contribution is 2.25. The Bertz CT molecular complexity index is 750. The monoisotopic (exact) mass is 379 g/mol. The van der Waals surface area contributed by atoms with E-state index < -0.39 is 0 Å². The molecule has 1 aliphatic heterocycles. The number of hydrogen-bond donors (Lipinski definition) is 1. The zero-order valence-corrected chi connectivity index (χ0v) is 15.8. The van der Waals surface area contributed by atoms with Gasteiger partial charge in [-0.2, -0.15) is 0 Å². The van der Waals surface area contributed by atoms with Gasteiger partial charge in [-0.1, -0.05) is 42.4 Å². The molecule has 2 N–H and O–H groups in total. The third-order valence-electron chi connectivity index (χ3n) is 4.49. The zero-order valence-electron chi connectivity index (χ0n) is 14.2. The minimum atomic E-state index is 0.142. The highest BCUT2D eigenvalue weighted by Gasteiger charge is 2.25.